The molecule has 3 heteroatoms. The van der Waals surface area contributed by atoms with E-state index in [1.54, 1.807) is 0 Å². The Hall–Kier alpha value is -0.380. The molecule has 1 aromatic rings. The molecule has 0 spiro atoms. The monoisotopic (exact) mass is 312 g/mol. The summed E-state index contributed by atoms with van der Waals surface area (Å²) in [5, 5.41) is 0. The van der Waals surface area contributed by atoms with Crippen LogP contribution in [0.2, 0.25) is 0 Å². The largest absolute Gasteiger partial charge is 0.329 e. The molecule has 0 aliphatic rings. The van der Waals surface area contributed by atoms with Crippen LogP contribution in [0.3, 0.4) is 0 Å². The summed E-state index contributed by atoms with van der Waals surface area (Å²) < 4.78 is 1.15. The Labute approximate surface area is 120 Å². The van der Waals surface area contributed by atoms with Crippen LogP contribution in [0.5, 0.6) is 0 Å². The maximum Gasteiger partial charge on any atom is 0.0470 e. The lowest BCUT2D eigenvalue weighted by Gasteiger charge is -2.35. The van der Waals surface area contributed by atoms with E-state index >= 15 is 0 Å². The van der Waals surface area contributed by atoms with Crippen molar-refractivity contribution in [2.75, 3.05) is 13.6 Å². The minimum Gasteiger partial charge on any atom is -0.329 e. The summed E-state index contributed by atoms with van der Waals surface area (Å²) >= 11 is 3.54. The first-order valence-corrected chi connectivity index (χ1v) is 7.35. The van der Waals surface area contributed by atoms with E-state index < -0.39 is 0 Å². The van der Waals surface area contributed by atoms with Crippen molar-refractivity contribution in [1.82, 2.24) is 4.90 Å². The van der Waals surface area contributed by atoms with Gasteiger partial charge in [-0.3, -0.25) is 4.90 Å². The van der Waals surface area contributed by atoms with E-state index in [2.05, 4.69) is 73.8 Å². The molecule has 0 aromatic heterocycles. The van der Waals surface area contributed by atoms with Gasteiger partial charge in [-0.15, -0.1) is 0 Å². The predicted molar refractivity (Wildman–Crippen MR) is 82.7 cm³/mol. The Morgan fingerprint density at radius 3 is 2.33 bits per heavy atom. The summed E-state index contributed by atoms with van der Waals surface area (Å²) in [5.74, 6) is 0.626. The molecule has 0 aliphatic heterocycles. The number of aryl methyl sites for hydroxylation is 1. The van der Waals surface area contributed by atoms with Crippen LogP contribution in [-0.2, 0) is 0 Å². The van der Waals surface area contributed by atoms with Gasteiger partial charge in [0.05, 0.1) is 0 Å². The second-order valence-corrected chi connectivity index (χ2v) is 6.26. The molecule has 0 aliphatic carbocycles. The van der Waals surface area contributed by atoms with Gasteiger partial charge < -0.3 is 5.73 Å². The predicted octanol–water partition coefficient (Wildman–Crippen LogP) is 3.73. The minimum absolute atomic E-state index is 0.286. The van der Waals surface area contributed by atoms with Crippen molar-refractivity contribution in [3.05, 3.63) is 33.8 Å². The van der Waals surface area contributed by atoms with Crippen molar-refractivity contribution in [2.24, 2.45) is 11.7 Å². The lowest BCUT2D eigenvalue weighted by Crippen LogP contribution is -2.39. The number of nitrogens with zero attached hydrogens (tertiary/aromatic N) is 1. The molecular weight excluding hydrogens is 288 g/mol. The van der Waals surface area contributed by atoms with E-state index in [0.717, 1.165) is 4.47 Å². The van der Waals surface area contributed by atoms with Gasteiger partial charge in [0.1, 0.15) is 0 Å². The first kappa shape index (κ1) is 15.7. The minimum atomic E-state index is 0.286. The van der Waals surface area contributed by atoms with Crippen LogP contribution in [0.4, 0.5) is 0 Å². The molecule has 0 saturated heterocycles. The molecule has 2 nitrogen and oxygen atoms in total. The van der Waals surface area contributed by atoms with Crippen molar-refractivity contribution >= 4 is 15.9 Å². The van der Waals surface area contributed by atoms with Crippen molar-refractivity contribution in [1.29, 1.82) is 0 Å². The Kier molecular flexibility index (Phi) is 5.83. The van der Waals surface area contributed by atoms with Crippen molar-refractivity contribution in [2.45, 2.75) is 39.8 Å². The standard InChI is InChI=1S/C15H25BrN2/c1-10(2)12(4)18(5)15(9-17)13-6-7-14(16)11(3)8-13/h6-8,10,12,15H,9,17H2,1-5H3. The van der Waals surface area contributed by atoms with E-state index in [1.807, 2.05) is 0 Å². The second-order valence-electron chi connectivity index (χ2n) is 5.41. The van der Waals surface area contributed by atoms with Gasteiger partial charge in [0.2, 0.25) is 0 Å². The topological polar surface area (TPSA) is 29.3 Å². The average Bonchev–Trinajstić information content (AvgIpc) is 2.33. The van der Waals surface area contributed by atoms with Gasteiger partial charge in [0.15, 0.2) is 0 Å². The van der Waals surface area contributed by atoms with E-state index in [-0.39, 0.29) is 6.04 Å². The molecule has 18 heavy (non-hydrogen) atoms. The van der Waals surface area contributed by atoms with Crippen LogP contribution in [0.25, 0.3) is 0 Å². The van der Waals surface area contributed by atoms with Crippen LogP contribution in [-0.4, -0.2) is 24.5 Å². The van der Waals surface area contributed by atoms with E-state index in [1.165, 1.54) is 11.1 Å². The lowest BCUT2D eigenvalue weighted by molar-refractivity contribution is 0.152. The second kappa shape index (κ2) is 6.69. The molecule has 0 saturated carbocycles. The first-order chi connectivity index (χ1) is 8.38. The fraction of sp³-hybridized carbons (Fsp3) is 0.600. The van der Waals surface area contributed by atoms with Crippen LogP contribution < -0.4 is 5.73 Å². The highest BCUT2D eigenvalue weighted by Gasteiger charge is 2.22. The highest BCUT2D eigenvalue weighted by molar-refractivity contribution is 9.10. The summed E-state index contributed by atoms with van der Waals surface area (Å²) in [4.78, 5) is 2.38. The zero-order valence-electron chi connectivity index (χ0n) is 12.1. The molecule has 1 rings (SSSR count). The zero-order chi connectivity index (χ0) is 13.9. The smallest absolute Gasteiger partial charge is 0.0470 e. The molecule has 0 heterocycles. The fourth-order valence-electron chi connectivity index (χ4n) is 2.17. The SMILES string of the molecule is Cc1cc(C(CN)N(C)C(C)C(C)C)ccc1Br. The normalized spacial score (nSPS) is 15.2. The number of benzene rings is 1. The quantitative estimate of drug-likeness (QED) is 0.897. The molecule has 2 atom stereocenters. The maximum absolute atomic E-state index is 5.98. The molecule has 0 amide bonds. The highest BCUT2D eigenvalue weighted by Crippen LogP contribution is 2.26. The summed E-state index contributed by atoms with van der Waals surface area (Å²) in [5.41, 5.74) is 8.54. The number of hydrogen-bond donors (Lipinski definition) is 1. The molecule has 1 aromatic carbocycles. The van der Waals surface area contributed by atoms with E-state index in [4.69, 9.17) is 5.73 Å². The summed E-state index contributed by atoms with van der Waals surface area (Å²) in [6, 6.07) is 7.31. The highest BCUT2D eigenvalue weighted by atomic mass is 79.9. The lowest BCUT2D eigenvalue weighted by atomic mass is 9.98. The number of likely N-dealkylation sites (N-methyl/N-ethyl adjacent to an activating group) is 1. The average molecular weight is 313 g/mol. The molecule has 102 valence electrons. The van der Waals surface area contributed by atoms with Gasteiger partial charge in [-0.25, -0.2) is 0 Å². The van der Waals surface area contributed by atoms with E-state index in [0.29, 0.717) is 18.5 Å². The number of hydrogen-bond acceptors (Lipinski definition) is 2. The molecule has 2 unspecified atom stereocenters. The molecule has 2 N–H and O–H groups in total. The third-order valence-corrected chi connectivity index (χ3v) is 4.78. The Morgan fingerprint density at radius 2 is 1.89 bits per heavy atom. The van der Waals surface area contributed by atoms with Gasteiger partial charge in [-0.2, -0.15) is 0 Å². The van der Waals surface area contributed by atoms with Crippen LogP contribution in [0.1, 0.15) is 37.9 Å². The van der Waals surface area contributed by atoms with Gasteiger partial charge in [-0.1, -0.05) is 41.9 Å². The van der Waals surface area contributed by atoms with Crippen LogP contribution >= 0.6 is 15.9 Å². The number of halogens is 1. The van der Waals surface area contributed by atoms with Gasteiger partial charge in [-0.05, 0) is 44.0 Å². The Balaban J connectivity index is 2.98. The molecule has 0 radical (unpaired) electrons. The van der Waals surface area contributed by atoms with Crippen LogP contribution in [0.15, 0.2) is 22.7 Å². The number of nitrogens with two attached hydrogens (primary N) is 1. The molecule has 0 bridgehead atoms. The third kappa shape index (κ3) is 3.56. The third-order valence-electron chi connectivity index (χ3n) is 3.89. The Bertz CT molecular complexity index is 390. The number of rotatable bonds is 5. The molecule has 0 fully saturated rings. The zero-order valence-corrected chi connectivity index (χ0v) is 13.7. The first-order valence-electron chi connectivity index (χ1n) is 6.56. The molecular formula is C15H25BrN2. The van der Waals surface area contributed by atoms with Crippen molar-refractivity contribution in [3.8, 4) is 0 Å². The van der Waals surface area contributed by atoms with E-state index in [9.17, 15) is 0 Å². The summed E-state index contributed by atoms with van der Waals surface area (Å²) in [6.07, 6.45) is 0. The Morgan fingerprint density at radius 1 is 1.28 bits per heavy atom. The van der Waals surface area contributed by atoms with Crippen molar-refractivity contribution in [3.63, 3.8) is 0 Å². The maximum atomic E-state index is 5.98. The van der Waals surface area contributed by atoms with Gasteiger partial charge >= 0.3 is 0 Å². The van der Waals surface area contributed by atoms with Crippen LogP contribution in [0, 0.1) is 12.8 Å². The van der Waals surface area contributed by atoms with Crippen molar-refractivity contribution < 1.29 is 0 Å². The summed E-state index contributed by atoms with van der Waals surface area (Å²) in [6.45, 7) is 9.53. The fourth-order valence-corrected chi connectivity index (χ4v) is 2.41. The van der Waals surface area contributed by atoms with Gasteiger partial charge in [0.25, 0.3) is 0 Å². The van der Waals surface area contributed by atoms with Gasteiger partial charge in [0, 0.05) is 23.1 Å². The summed E-state index contributed by atoms with van der Waals surface area (Å²) in [7, 11) is 2.17.